The highest BCUT2D eigenvalue weighted by Crippen LogP contribution is 2.17. The van der Waals surface area contributed by atoms with Crippen molar-refractivity contribution in [2.24, 2.45) is 0 Å². The van der Waals surface area contributed by atoms with Gasteiger partial charge in [0.2, 0.25) is 11.9 Å². The maximum Gasteiger partial charge on any atom is 0.224 e. The zero-order valence-corrected chi connectivity index (χ0v) is 17.9. The topological polar surface area (TPSA) is 105 Å². The van der Waals surface area contributed by atoms with Gasteiger partial charge in [0, 0.05) is 42.5 Å². The molecule has 3 N–H and O–H groups in total. The zero-order chi connectivity index (χ0) is 21.5. The number of nitrogens with one attached hydrogen (secondary N) is 3. The third kappa shape index (κ3) is 6.04. The highest BCUT2D eigenvalue weighted by molar-refractivity contribution is 5.76. The van der Waals surface area contributed by atoms with Crippen LogP contribution >= 0.6 is 0 Å². The van der Waals surface area contributed by atoms with Crippen LogP contribution in [0.1, 0.15) is 34.7 Å². The van der Waals surface area contributed by atoms with Gasteiger partial charge in [-0.05, 0) is 46.2 Å². The van der Waals surface area contributed by atoms with Crippen molar-refractivity contribution in [3.05, 3.63) is 58.6 Å². The van der Waals surface area contributed by atoms with Gasteiger partial charge in [0.25, 0.3) is 0 Å². The normalized spacial score (nSPS) is 10.7. The largest absolute Gasteiger partial charge is 0.361 e. The Morgan fingerprint density at radius 3 is 2.50 bits per heavy atom. The van der Waals surface area contributed by atoms with Crippen molar-refractivity contribution in [1.29, 1.82) is 0 Å². The standard InChI is InChI=1S/C22H28N6O2/c1-14-5-7-18(8-6-14)26-20-13-15(2)25-22(27-20)24-12-11-23-21(29)10-9-19-16(3)28-30-17(19)4/h5-8,13H,9-12H2,1-4H3,(H,23,29)(H2,24,25,26,27). The molecule has 0 atom stereocenters. The first-order chi connectivity index (χ1) is 14.4. The molecule has 0 fully saturated rings. The summed E-state index contributed by atoms with van der Waals surface area (Å²) in [6.07, 6.45) is 1.02. The number of rotatable bonds is 9. The SMILES string of the molecule is Cc1ccc(Nc2cc(C)nc(NCCNC(=O)CCc3c(C)noc3C)n2)cc1. The third-order valence-corrected chi connectivity index (χ3v) is 4.69. The lowest BCUT2D eigenvalue weighted by molar-refractivity contribution is -0.120. The van der Waals surface area contributed by atoms with Gasteiger partial charge in [-0.25, -0.2) is 4.98 Å². The quantitative estimate of drug-likeness (QED) is 0.465. The summed E-state index contributed by atoms with van der Waals surface area (Å²) in [5, 5.41) is 13.3. The summed E-state index contributed by atoms with van der Waals surface area (Å²) < 4.78 is 5.13. The Balaban J connectivity index is 1.44. The molecule has 3 aromatic rings. The maximum atomic E-state index is 12.1. The number of aromatic nitrogens is 3. The lowest BCUT2D eigenvalue weighted by Gasteiger charge is -2.11. The molecule has 0 saturated carbocycles. The molecule has 8 nitrogen and oxygen atoms in total. The number of benzene rings is 1. The minimum absolute atomic E-state index is 0.0105. The van der Waals surface area contributed by atoms with Gasteiger partial charge in [0.1, 0.15) is 11.6 Å². The first kappa shape index (κ1) is 21.3. The molecule has 0 aliphatic heterocycles. The smallest absolute Gasteiger partial charge is 0.224 e. The van der Waals surface area contributed by atoms with Crippen molar-refractivity contribution in [2.45, 2.75) is 40.5 Å². The molecule has 0 aliphatic rings. The van der Waals surface area contributed by atoms with Crippen LogP contribution in [0.15, 0.2) is 34.9 Å². The molecule has 2 heterocycles. The van der Waals surface area contributed by atoms with E-state index < -0.39 is 0 Å². The lowest BCUT2D eigenvalue weighted by Crippen LogP contribution is -2.29. The molecule has 3 rings (SSSR count). The Morgan fingerprint density at radius 2 is 1.80 bits per heavy atom. The molecule has 0 unspecified atom stereocenters. The van der Waals surface area contributed by atoms with E-state index in [9.17, 15) is 4.79 Å². The molecule has 1 amide bonds. The van der Waals surface area contributed by atoms with E-state index in [0.29, 0.717) is 31.9 Å². The van der Waals surface area contributed by atoms with Gasteiger partial charge in [-0.2, -0.15) is 4.98 Å². The number of carbonyl (C=O) groups excluding carboxylic acids is 1. The number of hydrogen-bond acceptors (Lipinski definition) is 7. The molecule has 2 aromatic heterocycles. The fourth-order valence-corrected chi connectivity index (χ4v) is 3.06. The molecule has 30 heavy (non-hydrogen) atoms. The molecular formula is C22H28N6O2. The summed E-state index contributed by atoms with van der Waals surface area (Å²) in [6.45, 7) is 8.74. The first-order valence-corrected chi connectivity index (χ1v) is 10.0. The number of aryl methyl sites for hydroxylation is 4. The summed E-state index contributed by atoms with van der Waals surface area (Å²) in [6, 6.07) is 10.0. The fourth-order valence-electron chi connectivity index (χ4n) is 3.06. The van der Waals surface area contributed by atoms with E-state index in [-0.39, 0.29) is 5.91 Å². The number of anilines is 3. The van der Waals surface area contributed by atoms with Crippen LogP contribution in [0.4, 0.5) is 17.5 Å². The van der Waals surface area contributed by atoms with Gasteiger partial charge in [-0.3, -0.25) is 4.79 Å². The van der Waals surface area contributed by atoms with Crippen molar-refractivity contribution in [1.82, 2.24) is 20.4 Å². The lowest BCUT2D eigenvalue weighted by atomic mass is 10.1. The van der Waals surface area contributed by atoms with Crippen LogP contribution in [0.25, 0.3) is 0 Å². The Labute approximate surface area is 176 Å². The summed E-state index contributed by atoms with van der Waals surface area (Å²) in [4.78, 5) is 21.0. The number of nitrogens with zero attached hydrogens (tertiary/aromatic N) is 3. The molecule has 1 aromatic carbocycles. The van der Waals surface area contributed by atoms with Crippen LogP contribution < -0.4 is 16.0 Å². The Kier molecular flexibility index (Phi) is 7.00. The number of carbonyl (C=O) groups is 1. The summed E-state index contributed by atoms with van der Waals surface area (Å²) >= 11 is 0. The van der Waals surface area contributed by atoms with E-state index in [1.807, 2.05) is 51.1 Å². The van der Waals surface area contributed by atoms with Crippen LogP contribution in [0, 0.1) is 27.7 Å². The molecule has 0 spiro atoms. The van der Waals surface area contributed by atoms with Crippen LogP contribution in [-0.4, -0.2) is 34.1 Å². The van der Waals surface area contributed by atoms with Gasteiger partial charge in [0.15, 0.2) is 0 Å². The minimum atomic E-state index is -0.0105. The Hall–Kier alpha value is -3.42. The van der Waals surface area contributed by atoms with E-state index >= 15 is 0 Å². The Bertz CT molecular complexity index is 978. The van der Waals surface area contributed by atoms with E-state index in [0.717, 1.165) is 34.2 Å². The van der Waals surface area contributed by atoms with E-state index in [4.69, 9.17) is 4.52 Å². The Morgan fingerprint density at radius 1 is 1.03 bits per heavy atom. The molecule has 8 heteroatoms. The highest BCUT2D eigenvalue weighted by Gasteiger charge is 2.11. The summed E-state index contributed by atoms with van der Waals surface area (Å²) in [5.74, 6) is 2.00. The number of hydrogen-bond donors (Lipinski definition) is 3. The van der Waals surface area contributed by atoms with Crippen molar-refractivity contribution < 1.29 is 9.32 Å². The molecule has 0 radical (unpaired) electrons. The van der Waals surface area contributed by atoms with Gasteiger partial charge in [-0.15, -0.1) is 0 Å². The van der Waals surface area contributed by atoms with Crippen molar-refractivity contribution >= 4 is 23.4 Å². The van der Waals surface area contributed by atoms with Gasteiger partial charge >= 0.3 is 0 Å². The second-order valence-electron chi connectivity index (χ2n) is 7.29. The summed E-state index contributed by atoms with van der Waals surface area (Å²) in [5.41, 5.74) is 4.87. The molecule has 158 valence electrons. The van der Waals surface area contributed by atoms with Crippen molar-refractivity contribution in [3.8, 4) is 0 Å². The fraction of sp³-hybridized carbons (Fsp3) is 0.364. The average Bonchev–Trinajstić information content (AvgIpc) is 3.03. The second-order valence-corrected chi connectivity index (χ2v) is 7.29. The predicted octanol–water partition coefficient (Wildman–Crippen LogP) is 3.60. The first-order valence-electron chi connectivity index (χ1n) is 10.0. The van der Waals surface area contributed by atoms with Crippen molar-refractivity contribution in [3.63, 3.8) is 0 Å². The van der Waals surface area contributed by atoms with E-state index in [1.54, 1.807) is 0 Å². The van der Waals surface area contributed by atoms with E-state index in [2.05, 4.69) is 38.0 Å². The summed E-state index contributed by atoms with van der Waals surface area (Å²) in [7, 11) is 0. The average molecular weight is 409 g/mol. The maximum absolute atomic E-state index is 12.1. The van der Waals surface area contributed by atoms with Crippen molar-refractivity contribution in [2.75, 3.05) is 23.7 Å². The van der Waals surface area contributed by atoms with Crippen LogP contribution in [-0.2, 0) is 11.2 Å². The monoisotopic (exact) mass is 408 g/mol. The zero-order valence-electron chi connectivity index (χ0n) is 17.9. The molecule has 0 bridgehead atoms. The van der Waals surface area contributed by atoms with Gasteiger partial charge < -0.3 is 20.5 Å². The number of amides is 1. The van der Waals surface area contributed by atoms with Crippen LogP contribution in [0.5, 0.6) is 0 Å². The minimum Gasteiger partial charge on any atom is -0.361 e. The molecule has 0 aliphatic carbocycles. The molecular weight excluding hydrogens is 380 g/mol. The van der Waals surface area contributed by atoms with Gasteiger partial charge in [0.05, 0.1) is 5.69 Å². The van der Waals surface area contributed by atoms with Crippen LogP contribution in [0.3, 0.4) is 0 Å². The third-order valence-electron chi connectivity index (χ3n) is 4.69. The van der Waals surface area contributed by atoms with Gasteiger partial charge in [-0.1, -0.05) is 22.9 Å². The van der Waals surface area contributed by atoms with Crippen LogP contribution in [0.2, 0.25) is 0 Å². The van der Waals surface area contributed by atoms with E-state index in [1.165, 1.54) is 5.56 Å². The second kappa shape index (κ2) is 9.87. The highest BCUT2D eigenvalue weighted by atomic mass is 16.5. The predicted molar refractivity (Wildman–Crippen MR) is 117 cm³/mol. The molecule has 0 saturated heterocycles.